The number of hydrazone groups is 1. The minimum absolute atomic E-state index is 0.0207. The molecule has 0 unspecified atom stereocenters. The first-order chi connectivity index (χ1) is 13.0. The van der Waals surface area contributed by atoms with Crippen molar-refractivity contribution in [2.24, 2.45) is 12.1 Å². The summed E-state index contributed by atoms with van der Waals surface area (Å²) in [5, 5.41) is 25.4. The zero-order chi connectivity index (χ0) is 19.2. The molecule has 27 heavy (non-hydrogen) atoms. The van der Waals surface area contributed by atoms with Crippen LogP contribution in [0, 0.1) is 10.1 Å². The third-order valence-corrected chi connectivity index (χ3v) is 5.23. The summed E-state index contributed by atoms with van der Waals surface area (Å²) in [5.41, 5.74) is 3.01. The van der Waals surface area contributed by atoms with Crippen molar-refractivity contribution < 1.29 is 9.72 Å². The third kappa shape index (κ3) is 4.77. The number of thioether (sulfide) groups is 1. The summed E-state index contributed by atoms with van der Waals surface area (Å²) in [5.74, 6) is 0.327. The van der Waals surface area contributed by atoms with Gasteiger partial charge in [0.05, 0.1) is 16.9 Å². The molecule has 0 saturated carbocycles. The van der Waals surface area contributed by atoms with Crippen LogP contribution in [0.4, 0.5) is 5.69 Å². The lowest BCUT2D eigenvalue weighted by molar-refractivity contribution is -0.384. The number of thiophene rings is 1. The second-order valence-electron chi connectivity index (χ2n) is 5.27. The number of carbonyl (C=O) groups is 1. The van der Waals surface area contributed by atoms with E-state index in [1.807, 2.05) is 17.5 Å². The number of rotatable bonds is 7. The highest BCUT2D eigenvalue weighted by atomic mass is 32.2. The minimum atomic E-state index is -0.462. The maximum atomic E-state index is 11.9. The van der Waals surface area contributed by atoms with Crippen LogP contribution in [0.1, 0.15) is 4.88 Å². The average Bonchev–Trinajstić information content (AvgIpc) is 3.30. The number of hydrogen-bond acceptors (Lipinski definition) is 8. The first-order valence-electron chi connectivity index (χ1n) is 7.67. The topological polar surface area (TPSA) is 115 Å². The Kier molecular flexibility index (Phi) is 5.94. The monoisotopic (exact) mass is 402 g/mol. The van der Waals surface area contributed by atoms with E-state index in [9.17, 15) is 14.9 Å². The molecule has 0 atom stereocenters. The SMILES string of the molecule is Cn1c(SCC(=O)N/N=C\c2cccs2)nnc1-c1cccc([N+](=O)[O-])c1. The molecule has 11 heteroatoms. The summed E-state index contributed by atoms with van der Waals surface area (Å²) in [6.45, 7) is 0. The number of nitro groups is 1. The fraction of sp³-hybridized carbons (Fsp3) is 0.125. The zero-order valence-electron chi connectivity index (χ0n) is 14.1. The Hall–Kier alpha value is -3.05. The summed E-state index contributed by atoms with van der Waals surface area (Å²) in [4.78, 5) is 23.3. The second kappa shape index (κ2) is 8.56. The van der Waals surface area contributed by atoms with E-state index in [1.165, 1.54) is 35.2 Å². The summed E-state index contributed by atoms with van der Waals surface area (Å²) in [7, 11) is 1.74. The van der Waals surface area contributed by atoms with E-state index in [1.54, 1.807) is 30.0 Å². The van der Waals surface area contributed by atoms with Crippen LogP contribution in [0.2, 0.25) is 0 Å². The number of nitro benzene ring substituents is 1. The molecular weight excluding hydrogens is 388 g/mol. The Morgan fingerprint density at radius 2 is 2.26 bits per heavy atom. The molecule has 9 nitrogen and oxygen atoms in total. The van der Waals surface area contributed by atoms with Gasteiger partial charge in [-0.05, 0) is 11.4 Å². The van der Waals surface area contributed by atoms with E-state index < -0.39 is 4.92 Å². The van der Waals surface area contributed by atoms with Crippen molar-refractivity contribution in [3.63, 3.8) is 0 Å². The predicted molar refractivity (Wildman–Crippen MR) is 104 cm³/mol. The van der Waals surface area contributed by atoms with Crippen molar-refractivity contribution in [3.8, 4) is 11.4 Å². The molecule has 2 heterocycles. The van der Waals surface area contributed by atoms with Gasteiger partial charge in [-0.15, -0.1) is 21.5 Å². The van der Waals surface area contributed by atoms with Crippen LogP contribution in [0.5, 0.6) is 0 Å². The highest BCUT2D eigenvalue weighted by Gasteiger charge is 2.15. The Balaban J connectivity index is 1.61. The standard InChI is InChI=1S/C16H14N6O3S2/c1-21-15(11-4-2-5-12(8-11)22(24)25)19-20-16(21)27-10-14(23)18-17-9-13-6-3-7-26-13/h2-9H,10H2,1H3,(H,18,23)/b17-9-. The zero-order valence-corrected chi connectivity index (χ0v) is 15.7. The molecule has 1 amide bonds. The predicted octanol–water partition coefficient (Wildman–Crippen LogP) is 2.69. The average molecular weight is 402 g/mol. The van der Waals surface area contributed by atoms with Crippen molar-refractivity contribution in [2.75, 3.05) is 5.75 Å². The number of nitrogens with one attached hydrogen (secondary N) is 1. The Morgan fingerprint density at radius 3 is 3.00 bits per heavy atom. The molecule has 0 radical (unpaired) electrons. The molecule has 1 aromatic carbocycles. The lowest BCUT2D eigenvalue weighted by Gasteiger charge is -2.03. The van der Waals surface area contributed by atoms with Crippen LogP contribution in [0.25, 0.3) is 11.4 Å². The minimum Gasteiger partial charge on any atom is -0.305 e. The fourth-order valence-corrected chi connectivity index (χ4v) is 3.43. The van der Waals surface area contributed by atoms with Gasteiger partial charge in [0.2, 0.25) is 0 Å². The van der Waals surface area contributed by atoms with Gasteiger partial charge in [-0.25, -0.2) is 5.43 Å². The molecule has 0 fully saturated rings. The molecule has 0 spiro atoms. The Bertz CT molecular complexity index is 984. The number of hydrogen-bond donors (Lipinski definition) is 1. The van der Waals surface area contributed by atoms with Crippen molar-refractivity contribution in [3.05, 3.63) is 56.8 Å². The highest BCUT2D eigenvalue weighted by Crippen LogP contribution is 2.25. The Labute approximate surface area is 162 Å². The Morgan fingerprint density at radius 1 is 1.41 bits per heavy atom. The quantitative estimate of drug-likeness (QED) is 0.281. The molecule has 0 aliphatic carbocycles. The molecule has 2 aromatic heterocycles. The van der Waals surface area contributed by atoms with E-state index >= 15 is 0 Å². The number of amides is 1. The van der Waals surface area contributed by atoms with Crippen LogP contribution in [0.15, 0.2) is 52.0 Å². The molecule has 3 rings (SSSR count). The van der Waals surface area contributed by atoms with Crippen LogP contribution < -0.4 is 5.43 Å². The molecule has 0 aliphatic rings. The molecule has 0 aliphatic heterocycles. The fourth-order valence-electron chi connectivity index (χ4n) is 2.15. The van der Waals surface area contributed by atoms with Gasteiger partial charge in [-0.2, -0.15) is 5.10 Å². The van der Waals surface area contributed by atoms with Gasteiger partial charge in [-0.3, -0.25) is 14.9 Å². The number of non-ortho nitro benzene ring substituents is 1. The van der Waals surface area contributed by atoms with Gasteiger partial charge < -0.3 is 4.57 Å². The maximum Gasteiger partial charge on any atom is 0.270 e. The smallest absolute Gasteiger partial charge is 0.270 e. The van der Waals surface area contributed by atoms with Gasteiger partial charge in [-0.1, -0.05) is 30.0 Å². The second-order valence-corrected chi connectivity index (χ2v) is 7.19. The lowest BCUT2D eigenvalue weighted by atomic mass is 10.2. The number of aromatic nitrogens is 3. The molecule has 1 N–H and O–H groups in total. The van der Waals surface area contributed by atoms with Gasteiger partial charge in [0.1, 0.15) is 0 Å². The number of benzene rings is 1. The highest BCUT2D eigenvalue weighted by molar-refractivity contribution is 7.99. The lowest BCUT2D eigenvalue weighted by Crippen LogP contribution is -2.19. The van der Waals surface area contributed by atoms with E-state index in [-0.39, 0.29) is 17.3 Å². The summed E-state index contributed by atoms with van der Waals surface area (Å²) in [6.07, 6.45) is 1.58. The van der Waals surface area contributed by atoms with Crippen LogP contribution in [0.3, 0.4) is 0 Å². The van der Waals surface area contributed by atoms with Gasteiger partial charge >= 0.3 is 0 Å². The summed E-state index contributed by atoms with van der Waals surface area (Å²) < 4.78 is 1.69. The van der Waals surface area contributed by atoms with E-state index in [0.29, 0.717) is 16.5 Å². The first kappa shape index (κ1) is 18.7. The van der Waals surface area contributed by atoms with E-state index in [0.717, 1.165) is 4.88 Å². The van der Waals surface area contributed by atoms with Gasteiger partial charge in [0, 0.05) is 29.6 Å². The maximum absolute atomic E-state index is 11.9. The van der Waals surface area contributed by atoms with E-state index in [4.69, 9.17) is 0 Å². The van der Waals surface area contributed by atoms with Crippen LogP contribution in [-0.4, -0.2) is 37.6 Å². The molecule has 138 valence electrons. The van der Waals surface area contributed by atoms with Crippen molar-refractivity contribution in [1.82, 2.24) is 20.2 Å². The van der Waals surface area contributed by atoms with Crippen LogP contribution in [-0.2, 0) is 11.8 Å². The number of nitrogens with zero attached hydrogens (tertiary/aromatic N) is 5. The van der Waals surface area contributed by atoms with Gasteiger partial charge in [0.25, 0.3) is 11.6 Å². The van der Waals surface area contributed by atoms with Crippen molar-refractivity contribution >= 4 is 40.9 Å². The first-order valence-corrected chi connectivity index (χ1v) is 9.53. The van der Waals surface area contributed by atoms with Crippen LogP contribution >= 0.6 is 23.1 Å². The molecule has 0 bridgehead atoms. The van der Waals surface area contributed by atoms with Gasteiger partial charge in [0.15, 0.2) is 11.0 Å². The summed E-state index contributed by atoms with van der Waals surface area (Å²) >= 11 is 2.72. The largest absolute Gasteiger partial charge is 0.305 e. The van der Waals surface area contributed by atoms with E-state index in [2.05, 4.69) is 20.7 Å². The third-order valence-electron chi connectivity index (χ3n) is 3.41. The molecule has 0 saturated heterocycles. The molecular formula is C16H14N6O3S2. The normalized spacial score (nSPS) is 11.0. The number of carbonyl (C=O) groups excluding carboxylic acids is 1. The molecule has 3 aromatic rings. The van der Waals surface area contributed by atoms with Crippen molar-refractivity contribution in [2.45, 2.75) is 5.16 Å². The summed E-state index contributed by atoms with van der Waals surface area (Å²) in [6, 6.07) is 9.95. The van der Waals surface area contributed by atoms with Crippen molar-refractivity contribution in [1.29, 1.82) is 0 Å².